The highest BCUT2D eigenvalue weighted by Crippen LogP contribution is 2.20. The lowest BCUT2D eigenvalue weighted by molar-refractivity contribution is 0.595. The summed E-state index contributed by atoms with van der Waals surface area (Å²) in [5.74, 6) is 5.21. The van der Waals surface area contributed by atoms with Gasteiger partial charge in [0.15, 0.2) is 0 Å². The first-order valence-electron chi connectivity index (χ1n) is 5.20. The third kappa shape index (κ3) is 2.64. The van der Waals surface area contributed by atoms with Gasteiger partial charge in [-0.05, 0) is 30.2 Å². The molecule has 1 aromatic heterocycles. The predicted octanol–water partition coefficient (Wildman–Crippen LogP) is 1.48. The van der Waals surface area contributed by atoms with E-state index in [0.29, 0.717) is 5.69 Å². The third-order valence-electron chi connectivity index (χ3n) is 2.44. The highest BCUT2D eigenvalue weighted by atomic mass is 19.1. The molecule has 88 valence electrons. The fraction of sp³-hybridized carbons (Fsp3) is 0.167. The van der Waals surface area contributed by atoms with E-state index in [4.69, 9.17) is 5.84 Å². The van der Waals surface area contributed by atoms with Crippen molar-refractivity contribution in [1.82, 2.24) is 15.4 Å². The summed E-state index contributed by atoms with van der Waals surface area (Å²) >= 11 is 0. The van der Waals surface area contributed by atoms with Gasteiger partial charge in [-0.3, -0.25) is 15.8 Å². The molecule has 0 aliphatic carbocycles. The smallest absolute Gasteiger partial charge is 0.123 e. The number of aryl methyl sites for hydroxylation is 1. The van der Waals surface area contributed by atoms with Crippen LogP contribution < -0.4 is 11.3 Å². The van der Waals surface area contributed by atoms with Crippen LogP contribution in [0.2, 0.25) is 0 Å². The van der Waals surface area contributed by atoms with Crippen molar-refractivity contribution >= 4 is 0 Å². The van der Waals surface area contributed by atoms with E-state index in [2.05, 4.69) is 15.4 Å². The minimum absolute atomic E-state index is 0.288. The number of nitrogens with zero attached hydrogens (tertiary/aromatic N) is 2. The normalized spacial score (nSPS) is 12.4. The van der Waals surface area contributed by atoms with Gasteiger partial charge < -0.3 is 0 Å². The van der Waals surface area contributed by atoms with Crippen LogP contribution in [0.5, 0.6) is 0 Å². The number of aromatic nitrogens is 2. The topological polar surface area (TPSA) is 63.8 Å². The summed E-state index contributed by atoms with van der Waals surface area (Å²) in [6.07, 6.45) is 4.75. The summed E-state index contributed by atoms with van der Waals surface area (Å²) < 4.78 is 13.3. The first kappa shape index (κ1) is 11.6. The summed E-state index contributed by atoms with van der Waals surface area (Å²) in [4.78, 5) is 8.13. The van der Waals surface area contributed by atoms with Crippen LogP contribution in [-0.2, 0) is 0 Å². The molecule has 0 aliphatic rings. The van der Waals surface area contributed by atoms with E-state index >= 15 is 0 Å². The van der Waals surface area contributed by atoms with Crippen molar-refractivity contribution in [2.24, 2.45) is 5.84 Å². The van der Waals surface area contributed by atoms with Gasteiger partial charge in [-0.2, -0.15) is 0 Å². The van der Waals surface area contributed by atoms with Gasteiger partial charge in [0.25, 0.3) is 0 Å². The fourth-order valence-electron chi connectivity index (χ4n) is 1.74. The van der Waals surface area contributed by atoms with E-state index < -0.39 is 0 Å². The van der Waals surface area contributed by atoms with Gasteiger partial charge in [-0.1, -0.05) is 6.07 Å². The van der Waals surface area contributed by atoms with Crippen molar-refractivity contribution in [1.29, 1.82) is 0 Å². The van der Waals surface area contributed by atoms with Gasteiger partial charge in [0.1, 0.15) is 5.82 Å². The Morgan fingerprint density at radius 2 is 2.12 bits per heavy atom. The van der Waals surface area contributed by atoms with E-state index in [-0.39, 0.29) is 11.9 Å². The molecule has 1 atom stereocenters. The van der Waals surface area contributed by atoms with Crippen molar-refractivity contribution in [2.75, 3.05) is 0 Å². The quantitative estimate of drug-likeness (QED) is 0.621. The minimum Gasteiger partial charge on any atom is -0.271 e. The largest absolute Gasteiger partial charge is 0.271 e. The van der Waals surface area contributed by atoms with Crippen LogP contribution in [0.1, 0.15) is 22.9 Å². The van der Waals surface area contributed by atoms with Crippen molar-refractivity contribution < 1.29 is 4.39 Å². The van der Waals surface area contributed by atoms with Gasteiger partial charge in [0, 0.05) is 12.4 Å². The summed E-state index contributed by atoms with van der Waals surface area (Å²) in [5, 5.41) is 0. The van der Waals surface area contributed by atoms with Crippen molar-refractivity contribution in [2.45, 2.75) is 13.0 Å². The fourth-order valence-corrected chi connectivity index (χ4v) is 1.74. The molecule has 17 heavy (non-hydrogen) atoms. The second-order valence-electron chi connectivity index (χ2n) is 3.79. The molecule has 2 rings (SSSR count). The standard InChI is InChI=1S/C12H13FN4/c1-8-4-9(6-10(13)5-8)12(17-14)11-7-15-2-3-16-11/h2-7,12,17H,14H2,1H3. The maximum atomic E-state index is 13.3. The monoisotopic (exact) mass is 232 g/mol. The Kier molecular flexibility index (Phi) is 3.41. The molecule has 2 aromatic rings. The van der Waals surface area contributed by atoms with Crippen LogP contribution in [0.3, 0.4) is 0 Å². The van der Waals surface area contributed by atoms with E-state index in [1.165, 1.54) is 12.1 Å². The lowest BCUT2D eigenvalue weighted by Crippen LogP contribution is -2.29. The number of nitrogens with two attached hydrogens (primary N) is 1. The molecule has 0 aliphatic heterocycles. The molecule has 1 unspecified atom stereocenters. The zero-order valence-corrected chi connectivity index (χ0v) is 9.39. The highest BCUT2D eigenvalue weighted by molar-refractivity contribution is 5.30. The van der Waals surface area contributed by atoms with Crippen LogP contribution in [0.25, 0.3) is 0 Å². The molecule has 5 heteroatoms. The number of rotatable bonds is 3. The Bertz CT molecular complexity index is 481. The van der Waals surface area contributed by atoms with E-state index in [0.717, 1.165) is 11.1 Å². The van der Waals surface area contributed by atoms with Crippen LogP contribution in [0.4, 0.5) is 4.39 Å². The molecular formula is C12H13FN4. The second-order valence-corrected chi connectivity index (χ2v) is 3.79. The summed E-state index contributed by atoms with van der Waals surface area (Å²) in [6.45, 7) is 1.83. The molecule has 1 heterocycles. The van der Waals surface area contributed by atoms with Gasteiger partial charge in [-0.15, -0.1) is 0 Å². The molecule has 3 N–H and O–H groups in total. The van der Waals surface area contributed by atoms with Gasteiger partial charge in [-0.25, -0.2) is 9.82 Å². The number of benzene rings is 1. The number of hydrogen-bond acceptors (Lipinski definition) is 4. The molecule has 0 bridgehead atoms. The van der Waals surface area contributed by atoms with Gasteiger partial charge >= 0.3 is 0 Å². The Morgan fingerprint density at radius 3 is 2.71 bits per heavy atom. The number of halogens is 1. The Morgan fingerprint density at radius 1 is 1.29 bits per heavy atom. The van der Waals surface area contributed by atoms with Gasteiger partial charge in [0.05, 0.1) is 17.9 Å². The van der Waals surface area contributed by atoms with E-state index in [1.54, 1.807) is 18.6 Å². The summed E-state index contributed by atoms with van der Waals surface area (Å²) in [6, 6.07) is 4.40. The SMILES string of the molecule is Cc1cc(F)cc(C(NN)c2cnccn2)c1. The van der Waals surface area contributed by atoms with Crippen molar-refractivity contribution in [3.05, 3.63) is 59.4 Å². The first-order chi connectivity index (χ1) is 8.20. The van der Waals surface area contributed by atoms with Crippen LogP contribution in [0, 0.1) is 12.7 Å². The summed E-state index contributed by atoms with van der Waals surface area (Å²) in [7, 11) is 0. The number of hydrogen-bond donors (Lipinski definition) is 2. The lowest BCUT2D eigenvalue weighted by Gasteiger charge is -2.15. The number of nitrogens with one attached hydrogen (secondary N) is 1. The van der Waals surface area contributed by atoms with E-state index in [1.807, 2.05) is 13.0 Å². The third-order valence-corrected chi connectivity index (χ3v) is 2.44. The highest BCUT2D eigenvalue weighted by Gasteiger charge is 2.14. The average molecular weight is 232 g/mol. The van der Waals surface area contributed by atoms with Crippen LogP contribution in [0.15, 0.2) is 36.8 Å². The van der Waals surface area contributed by atoms with Crippen LogP contribution in [-0.4, -0.2) is 9.97 Å². The molecule has 4 nitrogen and oxygen atoms in total. The zero-order valence-electron chi connectivity index (χ0n) is 9.39. The molecule has 0 amide bonds. The molecule has 0 saturated heterocycles. The van der Waals surface area contributed by atoms with Crippen molar-refractivity contribution in [3.63, 3.8) is 0 Å². The average Bonchev–Trinajstić information content (AvgIpc) is 2.30. The Labute approximate surface area is 98.7 Å². The Balaban J connectivity index is 2.42. The van der Waals surface area contributed by atoms with Crippen molar-refractivity contribution in [3.8, 4) is 0 Å². The predicted molar refractivity (Wildman–Crippen MR) is 62.3 cm³/mol. The molecule has 0 spiro atoms. The van der Waals surface area contributed by atoms with Crippen LogP contribution >= 0.6 is 0 Å². The molecule has 0 saturated carbocycles. The van der Waals surface area contributed by atoms with E-state index in [9.17, 15) is 4.39 Å². The maximum Gasteiger partial charge on any atom is 0.123 e. The van der Waals surface area contributed by atoms with Gasteiger partial charge in [0.2, 0.25) is 0 Å². The second kappa shape index (κ2) is 4.99. The molecule has 1 aromatic carbocycles. The molecule has 0 fully saturated rings. The summed E-state index contributed by atoms with van der Waals surface area (Å²) in [5.41, 5.74) is 4.84. The lowest BCUT2D eigenvalue weighted by atomic mass is 10.0. The first-order valence-corrected chi connectivity index (χ1v) is 5.20. The molecular weight excluding hydrogens is 219 g/mol. The zero-order chi connectivity index (χ0) is 12.3. The maximum absolute atomic E-state index is 13.3. The Hall–Kier alpha value is -1.85. The molecule has 0 radical (unpaired) electrons. The minimum atomic E-state index is -0.363. The number of hydrazine groups is 1.